The number of carbonyl (C=O) groups is 1. The van der Waals surface area contributed by atoms with Crippen LogP contribution in [0, 0.1) is 0 Å². The molecule has 0 fully saturated rings. The van der Waals surface area contributed by atoms with Gasteiger partial charge in [-0.05, 0) is 30.2 Å². The van der Waals surface area contributed by atoms with E-state index in [0.29, 0.717) is 13.2 Å². The fraction of sp³-hybridized carbons (Fsp3) is 0.294. The van der Waals surface area contributed by atoms with Crippen LogP contribution in [0.25, 0.3) is 11.1 Å². The fourth-order valence-corrected chi connectivity index (χ4v) is 2.51. The molecule has 1 aliphatic rings. The Hall–Kier alpha value is -2.56. The van der Waals surface area contributed by atoms with E-state index in [9.17, 15) is 4.79 Å². The molecule has 22 heavy (non-hydrogen) atoms. The Kier molecular flexibility index (Phi) is 3.96. The molecule has 0 radical (unpaired) electrons. The van der Waals surface area contributed by atoms with Crippen molar-refractivity contribution in [3.63, 3.8) is 0 Å². The first-order chi connectivity index (χ1) is 10.7. The number of rotatable bonds is 4. The topological polar surface area (TPSA) is 54.5 Å². The molecule has 1 amide bonds. The van der Waals surface area contributed by atoms with Gasteiger partial charge in [-0.3, -0.25) is 9.78 Å². The molecular formula is C17H19N3O2. The van der Waals surface area contributed by atoms with E-state index in [2.05, 4.69) is 17.2 Å². The van der Waals surface area contributed by atoms with Gasteiger partial charge in [0, 0.05) is 18.8 Å². The van der Waals surface area contributed by atoms with Crippen molar-refractivity contribution >= 4 is 17.3 Å². The average molecular weight is 297 g/mol. The van der Waals surface area contributed by atoms with Crippen LogP contribution in [0.4, 0.5) is 11.4 Å². The molecule has 0 bridgehead atoms. The molecule has 2 aromatic rings. The van der Waals surface area contributed by atoms with Gasteiger partial charge in [-0.15, -0.1) is 0 Å². The van der Waals surface area contributed by atoms with Crippen molar-refractivity contribution < 1.29 is 9.53 Å². The summed E-state index contributed by atoms with van der Waals surface area (Å²) in [5.41, 5.74) is 3.83. The maximum absolute atomic E-state index is 11.7. The molecule has 1 aliphatic heterocycles. The molecule has 1 N–H and O–H groups in total. The van der Waals surface area contributed by atoms with Crippen LogP contribution in [-0.2, 0) is 4.79 Å². The fourth-order valence-electron chi connectivity index (χ4n) is 2.51. The molecule has 0 unspecified atom stereocenters. The molecule has 5 heteroatoms. The van der Waals surface area contributed by atoms with Crippen molar-refractivity contribution in [1.82, 2.24) is 4.98 Å². The monoisotopic (exact) mass is 297 g/mol. The zero-order valence-electron chi connectivity index (χ0n) is 12.8. The van der Waals surface area contributed by atoms with Crippen molar-refractivity contribution in [1.29, 1.82) is 0 Å². The summed E-state index contributed by atoms with van der Waals surface area (Å²) in [5, 5.41) is 2.92. The second kappa shape index (κ2) is 6.05. The highest BCUT2D eigenvalue weighted by Crippen LogP contribution is 2.33. The van der Waals surface area contributed by atoms with Crippen molar-refractivity contribution in [2.75, 3.05) is 30.4 Å². The Morgan fingerprint density at radius 2 is 2.14 bits per heavy atom. The predicted octanol–water partition coefficient (Wildman–Crippen LogP) is 2.93. The summed E-state index contributed by atoms with van der Waals surface area (Å²) in [6, 6.07) is 8.00. The van der Waals surface area contributed by atoms with Crippen LogP contribution in [-0.4, -0.2) is 31.1 Å². The molecule has 3 rings (SSSR count). The van der Waals surface area contributed by atoms with Gasteiger partial charge in [0.25, 0.3) is 0 Å². The molecule has 114 valence electrons. The van der Waals surface area contributed by atoms with E-state index in [1.807, 2.05) is 36.2 Å². The quantitative estimate of drug-likeness (QED) is 0.942. The van der Waals surface area contributed by atoms with Gasteiger partial charge in [-0.25, -0.2) is 0 Å². The second-order valence-electron chi connectivity index (χ2n) is 5.39. The average Bonchev–Trinajstić information content (AvgIpc) is 2.52. The number of anilines is 2. The third-order valence-electron chi connectivity index (χ3n) is 3.58. The zero-order chi connectivity index (χ0) is 15.5. The molecule has 0 atom stereocenters. The summed E-state index contributed by atoms with van der Waals surface area (Å²) in [6.07, 6.45) is 4.48. The molecule has 0 saturated carbocycles. The van der Waals surface area contributed by atoms with Gasteiger partial charge < -0.3 is 15.0 Å². The zero-order valence-corrected chi connectivity index (χ0v) is 12.8. The van der Waals surface area contributed by atoms with Crippen molar-refractivity contribution in [3.8, 4) is 16.9 Å². The molecule has 0 spiro atoms. The van der Waals surface area contributed by atoms with E-state index in [1.165, 1.54) is 0 Å². The lowest BCUT2D eigenvalue weighted by Gasteiger charge is -2.27. The number of pyridine rings is 1. The summed E-state index contributed by atoms with van der Waals surface area (Å²) in [7, 11) is 1.91. The number of ether oxygens (including phenoxy) is 1. The smallest absolute Gasteiger partial charge is 0.243 e. The number of amides is 1. The number of nitrogens with zero attached hydrogens (tertiary/aromatic N) is 2. The number of carbonyl (C=O) groups excluding carboxylic acids is 1. The Morgan fingerprint density at radius 3 is 2.95 bits per heavy atom. The van der Waals surface area contributed by atoms with Gasteiger partial charge in [0.1, 0.15) is 5.75 Å². The largest absolute Gasteiger partial charge is 0.492 e. The number of fused-ring (bicyclic) bond motifs is 1. The Bertz CT molecular complexity index is 700. The normalized spacial score (nSPS) is 13.5. The van der Waals surface area contributed by atoms with E-state index < -0.39 is 0 Å². The maximum Gasteiger partial charge on any atom is 0.243 e. The number of benzene rings is 1. The van der Waals surface area contributed by atoms with Crippen LogP contribution in [0.15, 0.2) is 36.7 Å². The highest BCUT2D eigenvalue weighted by Gasteiger charge is 2.19. The van der Waals surface area contributed by atoms with E-state index >= 15 is 0 Å². The van der Waals surface area contributed by atoms with Crippen LogP contribution < -0.4 is 15.0 Å². The van der Waals surface area contributed by atoms with E-state index in [1.54, 1.807) is 12.4 Å². The second-order valence-corrected chi connectivity index (χ2v) is 5.39. The molecule has 0 aliphatic carbocycles. The van der Waals surface area contributed by atoms with Crippen molar-refractivity contribution in [2.45, 2.75) is 13.3 Å². The van der Waals surface area contributed by atoms with Gasteiger partial charge in [0.15, 0.2) is 0 Å². The summed E-state index contributed by atoms with van der Waals surface area (Å²) >= 11 is 0. The third kappa shape index (κ3) is 2.88. The molecule has 0 saturated heterocycles. The lowest BCUT2D eigenvalue weighted by molar-refractivity contribution is -0.115. The standard InChI is InChI=1S/C17H19N3O2/c1-3-6-22-14-7-13(9-18-10-14)12-4-5-16-15(8-12)19-17(21)11-20(16)2/h4-5,7-10H,3,6,11H2,1-2H3,(H,19,21). The van der Waals surface area contributed by atoms with Crippen LogP contribution in [0.3, 0.4) is 0 Å². The first-order valence-electron chi connectivity index (χ1n) is 7.40. The lowest BCUT2D eigenvalue weighted by Crippen LogP contribution is -2.35. The lowest BCUT2D eigenvalue weighted by atomic mass is 10.0. The molecule has 1 aromatic heterocycles. The highest BCUT2D eigenvalue weighted by atomic mass is 16.5. The Morgan fingerprint density at radius 1 is 1.27 bits per heavy atom. The van der Waals surface area contributed by atoms with Gasteiger partial charge in [-0.2, -0.15) is 0 Å². The Balaban J connectivity index is 1.92. The SMILES string of the molecule is CCCOc1cncc(-c2ccc3c(c2)NC(=O)CN3C)c1. The third-order valence-corrected chi connectivity index (χ3v) is 3.58. The molecule has 2 heterocycles. The van der Waals surface area contributed by atoms with Crippen molar-refractivity contribution in [3.05, 3.63) is 36.7 Å². The van der Waals surface area contributed by atoms with Crippen LogP contribution >= 0.6 is 0 Å². The number of hydrogen-bond donors (Lipinski definition) is 1. The summed E-state index contributed by atoms with van der Waals surface area (Å²) < 4.78 is 5.62. The first-order valence-corrected chi connectivity index (χ1v) is 7.40. The molecular weight excluding hydrogens is 278 g/mol. The van der Waals surface area contributed by atoms with Crippen LogP contribution in [0.2, 0.25) is 0 Å². The minimum absolute atomic E-state index is 0.00491. The van der Waals surface area contributed by atoms with Gasteiger partial charge in [-0.1, -0.05) is 13.0 Å². The maximum atomic E-state index is 11.7. The summed E-state index contributed by atoms with van der Waals surface area (Å²) in [5.74, 6) is 0.767. The number of nitrogens with one attached hydrogen (secondary N) is 1. The van der Waals surface area contributed by atoms with Gasteiger partial charge >= 0.3 is 0 Å². The van der Waals surface area contributed by atoms with Gasteiger partial charge in [0.05, 0.1) is 30.7 Å². The Labute approximate surface area is 129 Å². The molecule has 1 aromatic carbocycles. The minimum atomic E-state index is 0.00491. The number of aromatic nitrogens is 1. The summed E-state index contributed by atoms with van der Waals surface area (Å²) in [6.45, 7) is 3.13. The van der Waals surface area contributed by atoms with Crippen molar-refractivity contribution in [2.24, 2.45) is 0 Å². The van der Waals surface area contributed by atoms with Crippen LogP contribution in [0.1, 0.15) is 13.3 Å². The highest BCUT2D eigenvalue weighted by molar-refractivity contribution is 6.01. The first kappa shape index (κ1) is 14.4. The van der Waals surface area contributed by atoms with E-state index in [4.69, 9.17) is 4.74 Å². The van der Waals surface area contributed by atoms with E-state index in [-0.39, 0.29) is 5.91 Å². The van der Waals surface area contributed by atoms with Gasteiger partial charge in [0.2, 0.25) is 5.91 Å². The number of hydrogen-bond acceptors (Lipinski definition) is 4. The van der Waals surface area contributed by atoms with E-state index in [0.717, 1.165) is 34.7 Å². The van der Waals surface area contributed by atoms with Crippen LogP contribution in [0.5, 0.6) is 5.75 Å². The number of likely N-dealkylation sites (N-methyl/N-ethyl adjacent to an activating group) is 1. The molecule has 5 nitrogen and oxygen atoms in total. The predicted molar refractivity (Wildman–Crippen MR) is 87.4 cm³/mol. The minimum Gasteiger partial charge on any atom is -0.492 e. The summed E-state index contributed by atoms with van der Waals surface area (Å²) in [4.78, 5) is 17.8.